The zero-order chi connectivity index (χ0) is 18.4. The summed E-state index contributed by atoms with van der Waals surface area (Å²) in [5.74, 6) is 1.15. The van der Waals surface area contributed by atoms with E-state index in [9.17, 15) is 4.39 Å². The van der Waals surface area contributed by atoms with E-state index < -0.39 is 6.17 Å². The van der Waals surface area contributed by atoms with Gasteiger partial charge in [0, 0.05) is 25.8 Å². The molecular formula is C17H23FN8. The molecule has 8 nitrogen and oxygen atoms in total. The van der Waals surface area contributed by atoms with Gasteiger partial charge in [0.2, 0.25) is 5.95 Å². The third-order valence-corrected chi connectivity index (χ3v) is 4.65. The third kappa shape index (κ3) is 2.87. The van der Waals surface area contributed by atoms with E-state index in [0.717, 1.165) is 17.0 Å². The molecule has 1 atom stereocenters. The largest absolute Gasteiger partial charge is 0.338 e. The van der Waals surface area contributed by atoms with Gasteiger partial charge in [-0.25, -0.2) is 9.37 Å². The van der Waals surface area contributed by atoms with Gasteiger partial charge >= 0.3 is 0 Å². The lowest BCUT2D eigenvalue weighted by Gasteiger charge is -2.17. The number of nitrogens with one attached hydrogen (secondary N) is 1. The van der Waals surface area contributed by atoms with Crippen LogP contribution in [0.2, 0.25) is 0 Å². The molecule has 138 valence electrons. The first-order chi connectivity index (χ1) is 12.4. The third-order valence-electron chi connectivity index (χ3n) is 4.65. The first-order valence-corrected chi connectivity index (χ1v) is 8.83. The van der Waals surface area contributed by atoms with Crippen molar-refractivity contribution in [1.29, 1.82) is 0 Å². The van der Waals surface area contributed by atoms with E-state index in [1.807, 2.05) is 29.6 Å². The summed E-state index contributed by atoms with van der Waals surface area (Å²) >= 11 is 0. The average Bonchev–Trinajstić information content (AvgIpc) is 3.26. The van der Waals surface area contributed by atoms with Crippen molar-refractivity contribution in [3.8, 4) is 0 Å². The summed E-state index contributed by atoms with van der Waals surface area (Å²) in [7, 11) is 1.87. The minimum atomic E-state index is -0.832. The zero-order valence-electron chi connectivity index (χ0n) is 15.4. The van der Waals surface area contributed by atoms with Crippen molar-refractivity contribution in [2.24, 2.45) is 7.05 Å². The molecule has 4 heterocycles. The van der Waals surface area contributed by atoms with Crippen LogP contribution in [0.15, 0.2) is 12.5 Å². The number of rotatable bonds is 4. The molecule has 1 N–H and O–H groups in total. The molecule has 0 amide bonds. The Hall–Kier alpha value is -2.71. The van der Waals surface area contributed by atoms with Crippen molar-refractivity contribution < 1.29 is 4.39 Å². The van der Waals surface area contributed by atoms with Crippen molar-refractivity contribution in [1.82, 2.24) is 29.3 Å². The molecular weight excluding hydrogens is 335 g/mol. The van der Waals surface area contributed by atoms with Gasteiger partial charge in [0.25, 0.3) is 0 Å². The molecule has 3 aromatic heterocycles. The minimum Gasteiger partial charge on any atom is -0.338 e. The van der Waals surface area contributed by atoms with E-state index in [-0.39, 0.29) is 6.04 Å². The van der Waals surface area contributed by atoms with Gasteiger partial charge in [-0.3, -0.25) is 4.68 Å². The lowest BCUT2D eigenvalue weighted by atomic mass is 10.3. The molecule has 0 spiro atoms. The van der Waals surface area contributed by atoms with Crippen molar-refractivity contribution in [3.05, 3.63) is 18.2 Å². The average molecular weight is 358 g/mol. The molecule has 1 aliphatic heterocycles. The maximum Gasteiger partial charge on any atom is 0.229 e. The van der Waals surface area contributed by atoms with E-state index in [2.05, 4.69) is 34.2 Å². The van der Waals surface area contributed by atoms with Gasteiger partial charge in [-0.05, 0) is 27.2 Å². The van der Waals surface area contributed by atoms with Crippen LogP contribution < -0.4 is 10.2 Å². The number of aryl methyl sites for hydroxylation is 2. The van der Waals surface area contributed by atoms with Gasteiger partial charge in [0.1, 0.15) is 6.17 Å². The van der Waals surface area contributed by atoms with Crippen LogP contribution in [-0.2, 0) is 7.05 Å². The topological polar surface area (TPSA) is 76.7 Å². The van der Waals surface area contributed by atoms with E-state index in [0.29, 0.717) is 36.8 Å². The van der Waals surface area contributed by atoms with Crippen molar-refractivity contribution in [2.75, 3.05) is 23.3 Å². The van der Waals surface area contributed by atoms with Crippen molar-refractivity contribution in [2.45, 2.75) is 39.4 Å². The number of hydrogen-bond acceptors (Lipinski definition) is 6. The molecule has 1 aliphatic rings. The van der Waals surface area contributed by atoms with E-state index in [1.165, 1.54) is 0 Å². The predicted octanol–water partition coefficient (Wildman–Crippen LogP) is 2.74. The Balaban J connectivity index is 1.82. The summed E-state index contributed by atoms with van der Waals surface area (Å²) in [6.07, 6.45) is 3.35. The number of alkyl halides is 1. The lowest BCUT2D eigenvalue weighted by Crippen LogP contribution is -2.23. The number of nitrogens with zero attached hydrogens (tertiary/aromatic N) is 7. The Kier molecular flexibility index (Phi) is 4.01. The van der Waals surface area contributed by atoms with Gasteiger partial charge < -0.3 is 14.8 Å². The second-order valence-corrected chi connectivity index (χ2v) is 7.05. The van der Waals surface area contributed by atoms with E-state index >= 15 is 0 Å². The Morgan fingerprint density at radius 3 is 2.73 bits per heavy atom. The standard InChI is InChI=1S/C17H23FN8/c1-10(2)26-9-19-14-15(20-13-8-24(4)23-11(13)3)21-17(22-16(14)26)25-6-5-12(18)7-25/h8-10,12H,5-7H2,1-4H3,(H,20,21,22). The summed E-state index contributed by atoms with van der Waals surface area (Å²) in [5.41, 5.74) is 3.18. The second kappa shape index (κ2) is 6.22. The van der Waals surface area contributed by atoms with Gasteiger partial charge in [-0.2, -0.15) is 15.1 Å². The van der Waals surface area contributed by atoms with Crippen LogP contribution in [0.5, 0.6) is 0 Å². The molecule has 4 rings (SSSR count). The molecule has 0 saturated carbocycles. The molecule has 0 aliphatic carbocycles. The van der Waals surface area contributed by atoms with Crippen LogP contribution in [0.4, 0.5) is 21.8 Å². The fourth-order valence-electron chi connectivity index (χ4n) is 3.26. The maximum atomic E-state index is 13.7. The van der Waals surface area contributed by atoms with Gasteiger partial charge in [-0.15, -0.1) is 0 Å². The quantitative estimate of drug-likeness (QED) is 0.773. The molecule has 0 bridgehead atoms. The summed E-state index contributed by atoms with van der Waals surface area (Å²) in [4.78, 5) is 15.8. The van der Waals surface area contributed by atoms with Gasteiger partial charge in [0.15, 0.2) is 17.0 Å². The van der Waals surface area contributed by atoms with Crippen LogP contribution in [0.1, 0.15) is 32.0 Å². The Morgan fingerprint density at radius 1 is 1.31 bits per heavy atom. The fraction of sp³-hybridized carbons (Fsp3) is 0.529. The van der Waals surface area contributed by atoms with Crippen LogP contribution in [0.25, 0.3) is 11.2 Å². The molecule has 3 aromatic rings. The van der Waals surface area contributed by atoms with Crippen molar-refractivity contribution in [3.63, 3.8) is 0 Å². The number of anilines is 3. The first-order valence-electron chi connectivity index (χ1n) is 8.83. The highest BCUT2D eigenvalue weighted by atomic mass is 19.1. The molecule has 1 unspecified atom stereocenters. The van der Waals surface area contributed by atoms with Crippen LogP contribution in [0.3, 0.4) is 0 Å². The van der Waals surface area contributed by atoms with Gasteiger partial charge in [0.05, 0.1) is 24.3 Å². The Labute approximate surface area is 151 Å². The maximum absolute atomic E-state index is 13.7. The summed E-state index contributed by atoms with van der Waals surface area (Å²) < 4.78 is 17.4. The predicted molar refractivity (Wildman–Crippen MR) is 98.7 cm³/mol. The van der Waals surface area contributed by atoms with E-state index in [1.54, 1.807) is 11.0 Å². The second-order valence-electron chi connectivity index (χ2n) is 7.05. The summed E-state index contributed by atoms with van der Waals surface area (Å²) in [6, 6.07) is 0.211. The highest BCUT2D eigenvalue weighted by Crippen LogP contribution is 2.29. The summed E-state index contributed by atoms with van der Waals surface area (Å²) in [6.45, 7) is 7.03. The monoisotopic (exact) mass is 358 g/mol. The molecule has 0 radical (unpaired) electrons. The Morgan fingerprint density at radius 2 is 2.12 bits per heavy atom. The fourth-order valence-corrected chi connectivity index (χ4v) is 3.26. The number of aromatic nitrogens is 6. The van der Waals surface area contributed by atoms with Crippen LogP contribution in [0, 0.1) is 6.92 Å². The molecule has 0 aromatic carbocycles. The van der Waals surface area contributed by atoms with Crippen LogP contribution >= 0.6 is 0 Å². The normalized spacial score (nSPS) is 17.6. The number of halogens is 1. The molecule has 1 saturated heterocycles. The number of hydrogen-bond donors (Lipinski definition) is 1. The van der Waals surface area contributed by atoms with Crippen molar-refractivity contribution >= 4 is 28.6 Å². The minimum absolute atomic E-state index is 0.211. The summed E-state index contributed by atoms with van der Waals surface area (Å²) in [5, 5.41) is 7.69. The SMILES string of the molecule is Cc1nn(C)cc1Nc1nc(N2CCC(F)C2)nc2c1ncn2C(C)C. The smallest absolute Gasteiger partial charge is 0.229 e. The highest BCUT2D eigenvalue weighted by Gasteiger charge is 2.26. The van der Waals surface area contributed by atoms with Gasteiger partial charge in [-0.1, -0.05) is 0 Å². The molecule has 1 fully saturated rings. The molecule has 9 heteroatoms. The van der Waals surface area contributed by atoms with Crippen LogP contribution in [-0.4, -0.2) is 48.6 Å². The number of imidazole rings is 1. The first kappa shape index (κ1) is 16.7. The number of fused-ring (bicyclic) bond motifs is 1. The molecule has 26 heavy (non-hydrogen) atoms. The lowest BCUT2D eigenvalue weighted by molar-refractivity contribution is 0.364. The zero-order valence-corrected chi connectivity index (χ0v) is 15.4. The highest BCUT2D eigenvalue weighted by molar-refractivity contribution is 5.87. The Bertz CT molecular complexity index is 944. The van der Waals surface area contributed by atoms with E-state index in [4.69, 9.17) is 4.98 Å².